The molecular formula is C16H21IN2S. The van der Waals surface area contributed by atoms with E-state index < -0.39 is 0 Å². The zero-order chi connectivity index (χ0) is 13.8. The van der Waals surface area contributed by atoms with Crippen LogP contribution in [0.25, 0.3) is 10.1 Å². The van der Waals surface area contributed by atoms with Crippen LogP contribution in [-0.2, 0) is 0 Å². The Morgan fingerprint density at radius 3 is 2.70 bits per heavy atom. The van der Waals surface area contributed by atoms with Gasteiger partial charge in [-0.3, -0.25) is 4.90 Å². The predicted molar refractivity (Wildman–Crippen MR) is 98.6 cm³/mol. The van der Waals surface area contributed by atoms with Crippen LogP contribution in [0, 0.1) is 0 Å². The minimum Gasteiger partial charge on any atom is -0.368 e. The predicted octanol–water partition coefficient (Wildman–Crippen LogP) is 4.24. The molecule has 0 radical (unpaired) electrons. The zero-order valence-electron chi connectivity index (χ0n) is 11.7. The highest BCUT2D eigenvalue weighted by molar-refractivity contribution is 14.1. The summed E-state index contributed by atoms with van der Waals surface area (Å²) >= 11 is 4.32. The van der Waals surface area contributed by atoms with Gasteiger partial charge in [-0.1, -0.05) is 28.7 Å². The van der Waals surface area contributed by atoms with Crippen molar-refractivity contribution < 1.29 is 0 Å². The fraction of sp³-hybridized carbons (Fsp3) is 0.500. The van der Waals surface area contributed by atoms with Crippen LogP contribution in [0.5, 0.6) is 0 Å². The molecule has 1 aliphatic rings. The standard InChI is InChI=1S/C16H21IN2S/c17-7-1-2-8-18-9-11-19(12-10-18)15-4-3-5-16-14(15)6-13-20-16/h3-6,13H,1-2,7-12H2. The highest BCUT2D eigenvalue weighted by atomic mass is 127. The van der Waals surface area contributed by atoms with Crippen LogP contribution < -0.4 is 4.90 Å². The summed E-state index contributed by atoms with van der Waals surface area (Å²) in [6, 6.07) is 8.97. The molecule has 108 valence electrons. The minimum absolute atomic E-state index is 1.17. The largest absolute Gasteiger partial charge is 0.368 e. The third-order valence-corrected chi connectivity index (χ3v) is 5.69. The lowest BCUT2D eigenvalue weighted by Gasteiger charge is -2.36. The van der Waals surface area contributed by atoms with Crippen LogP contribution >= 0.6 is 33.9 Å². The molecule has 1 aromatic heterocycles. The second-order valence-corrected chi connectivity index (χ2v) is 7.36. The van der Waals surface area contributed by atoms with Gasteiger partial charge in [0.05, 0.1) is 0 Å². The van der Waals surface area contributed by atoms with Crippen LogP contribution in [-0.4, -0.2) is 42.1 Å². The van der Waals surface area contributed by atoms with Gasteiger partial charge in [0.15, 0.2) is 0 Å². The van der Waals surface area contributed by atoms with E-state index in [-0.39, 0.29) is 0 Å². The van der Waals surface area contributed by atoms with Crippen LogP contribution in [0.4, 0.5) is 5.69 Å². The summed E-state index contributed by atoms with van der Waals surface area (Å²) in [4.78, 5) is 5.18. The summed E-state index contributed by atoms with van der Waals surface area (Å²) in [6.07, 6.45) is 2.71. The number of hydrogen-bond donors (Lipinski definition) is 0. The smallest absolute Gasteiger partial charge is 0.0455 e. The van der Waals surface area contributed by atoms with Gasteiger partial charge in [0.25, 0.3) is 0 Å². The highest BCUT2D eigenvalue weighted by Crippen LogP contribution is 2.31. The third-order valence-electron chi connectivity index (χ3n) is 4.04. The molecule has 2 heterocycles. The molecule has 1 aromatic carbocycles. The molecule has 3 rings (SSSR count). The van der Waals surface area contributed by atoms with Gasteiger partial charge in [0.1, 0.15) is 0 Å². The molecular weight excluding hydrogens is 379 g/mol. The molecule has 2 nitrogen and oxygen atoms in total. The number of piperazine rings is 1. The van der Waals surface area contributed by atoms with Crippen LogP contribution in [0.15, 0.2) is 29.6 Å². The van der Waals surface area contributed by atoms with E-state index in [2.05, 4.69) is 62.0 Å². The molecule has 1 saturated heterocycles. The number of halogens is 1. The van der Waals surface area contributed by atoms with Crippen molar-refractivity contribution in [2.24, 2.45) is 0 Å². The molecule has 0 saturated carbocycles. The molecule has 4 heteroatoms. The Bertz CT molecular complexity index is 546. The van der Waals surface area contributed by atoms with E-state index in [4.69, 9.17) is 0 Å². The normalized spacial score (nSPS) is 16.9. The first-order valence-electron chi connectivity index (χ1n) is 7.38. The van der Waals surface area contributed by atoms with E-state index in [1.165, 1.54) is 65.8 Å². The number of unbranched alkanes of at least 4 members (excludes halogenated alkanes) is 1. The summed E-state index contributed by atoms with van der Waals surface area (Å²) in [6.45, 7) is 6.03. The van der Waals surface area contributed by atoms with E-state index in [0.29, 0.717) is 0 Å². The molecule has 20 heavy (non-hydrogen) atoms. The van der Waals surface area contributed by atoms with E-state index in [9.17, 15) is 0 Å². The lowest BCUT2D eigenvalue weighted by molar-refractivity contribution is 0.255. The molecule has 0 bridgehead atoms. The van der Waals surface area contributed by atoms with Gasteiger partial charge in [0.2, 0.25) is 0 Å². The van der Waals surface area contributed by atoms with Crippen molar-refractivity contribution in [3.63, 3.8) is 0 Å². The molecule has 1 aliphatic heterocycles. The van der Waals surface area contributed by atoms with Crippen molar-refractivity contribution in [3.05, 3.63) is 29.6 Å². The van der Waals surface area contributed by atoms with Gasteiger partial charge >= 0.3 is 0 Å². The van der Waals surface area contributed by atoms with Gasteiger partial charge in [-0.05, 0) is 47.4 Å². The van der Waals surface area contributed by atoms with E-state index in [1.807, 2.05) is 11.3 Å². The van der Waals surface area contributed by atoms with E-state index in [0.717, 1.165) is 0 Å². The number of nitrogens with zero attached hydrogens (tertiary/aromatic N) is 2. The van der Waals surface area contributed by atoms with Crippen molar-refractivity contribution in [1.82, 2.24) is 4.90 Å². The van der Waals surface area contributed by atoms with Crippen molar-refractivity contribution in [1.29, 1.82) is 0 Å². The molecule has 0 N–H and O–H groups in total. The third kappa shape index (κ3) is 3.28. The molecule has 0 unspecified atom stereocenters. The first kappa shape index (κ1) is 14.6. The summed E-state index contributed by atoms with van der Waals surface area (Å²) < 4.78 is 2.70. The quantitative estimate of drug-likeness (QED) is 0.421. The molecule has 2 aromatic rings. The fourth-order valence-corrected chi connectivity index (χ4v) is 4.24. The van der Waals surface area contributed by atoms with Crippen LogP contribution in [0.1, 0.15) is 12.8 Å². The molecule has 1 fully saturated rings. The number of alkyl halides is 1. The Morgan fingerprint density at radius 1 is 1.05 bits per heavy atom. The molecule has 0 aliphatic carbocycles. The number of hydrogen-bond acceptors (Lipinski definition) is 3. The van der Waals surface area contributed by atoms with E-state index >= 15 is 0 Å². The Kier molecular flexibility index (Phi) is 5.18. The fourth-order valence-electron chi connectivity index (χ4n) is 2.90. The first-order chi connectivity index (χ1) is 9.88. The lowest BCUT2D eigenvalue weighted by Crippen LogP contribution is -2.46. The Balaban J connectivity index is 1.62. The minimum atomic E-state index is 1.17. The second kappa shape index (κ2) is 7.09. The topological polar surface area (TPSA) is 6.48 Å². The number of benzene rings is 1. The van der Waals surface area contributed by atoms with Crippen LogP contribution in [0.2, 0.25) is 0 Å². The summed E-state index contributed by atoms with van der Waals surface area (Å²) in [5.41, 5.74) is 1.43. The summed E-state index contributed by atoms with van der Waals surface area (Å²) in [5, 5.41) is 3.63. The number of thiophene rings is 1. The zero-order valence-corrected chi connectivity index (χ0v) is 14.7. The van der Waals surface area contributed by atoms with Gasteiger partial charge in [-0.15, -0.1) is 11.3 Å². The second-order valence-electron chi connectivity index (χ2n) is 5.33. The van der Waals surface area contributed by atoms with Gasteiger partial charge < -0.3 is 4.90 Å². The maximum absolute atomic E-state index is 2.62. The molecule has 0 atom stereocenters. The lowest BCUT2D eigenvalue weighted by atomic mass is 10.2. The monoisotopic (exact) mass is 400 g/mol. The summed E-state index contributed by atoms with van der Waals surface area (Å²) in [7, 11) is 0. The first-order valence-corrected chi connectivity index (χ1v) is 9.78. The highest BCUT2D eigenvalue weighted by Gasteiger charge is 2.18. The Morgan fingerprint density at radius 2 is 1.90 bits per heavy atom. The van der Waals surface area contributed by atoms with Crippen molar-refractivity contribution in [3.8, 4) is 0 Å². The van der Waals surface area contributed by atoms with Crippen molar-refractivity contribution >= 4 is 49.7 Å². The summed E-state index contributed by atoms with van der Waals surface area (Å²) in [5.74, 6) is 0. The Labute approximate surface area is 138 Å². The van der Waals surface area contributed by atoms with Gasteiger partial charge in [-0.2, -0.15) is 0 Å². The molecule has 0 amide bonds. The average molecular weight is 400 g/mol. The SMILES string of the molecule is ICCCCN1CCN(c2cccc3sccc23)CC1. The van der Waals surface area contributed by atoms with Crippen LogP contribution in [0.3, 0.4) is 0 Å². The van der Waals surface area contributed by atoms with Crippen molar-refractivity contribution in [2.75, 3.05) is 42.1 Å². The maximum Gasteiger partial charge on any atom is 0.0455 e. The van der Waals surface area contributed by atoms with Gasteiger partial charge in [-0.25, -0.2) is 0 Å². The Hall–Kier alpha value is -0.330. The number of fused-ring (bicyclic) bond motifs is 1. The average Bonchev–Trinajstić information content (AvgIpc) is 2.97. The molecule has 0 spiro atoms. The number of anilines is 1. The maximum atomic E-state index is 2.62. The van der Waals surface area contributed by atoms with E-state index in [1.54, 1.807) is 0 Å². The number of rotatable bonds is 5. The van der Waals surface area contributed by atoms with Gasteiger partial charge in [0, 0.05) is 42.0 Å². The van der Waals surface area contributed by atoms with Crippen molar-refractivity contribution in [2.45, 2.75) is 12.8 Å².